The number of hydrogen-bond acceptors (Lipinski definition) is 5. The molecule has 9 heteroatoms. The van der Waals surface area contributed by atoms with Crippen LogP contribution < -0.4 is 10.2 Å². The van der Waals surface area contributed by atoms with Crippen LogP contribution in [0, 0.1) is 40.8 Å². The third kappa shape index (κ3) is 251. The fraction of sp³-hybridized carbons (Fsp3) is 0.500. The number of rotatable bonds is 0. The van der Waals surface area contributed by atoms with Crippen LogP contribution >= 0.6 is 0 Å². The number of hydrogen-bond donors (Lipinski definition) is 0. The van der Waals surface area contributed by atoms with Gasteiger partial charge in [0.25, 0.3) is 6.18 Å². The van der Waals surface area contributed by atoms with Gasteiger partial charge in [0.15, 0.2) is 0 Å². The largest absolute Gasteiger partial charge is 3.00 e. The van der Waals surface area contributed by atoms with Crippen molar-refractivity contribution in [2.45, 2.75) is 20.0 Å². The monoisotopic (exact) mass is 357 g/mol. The van der Waals surface area contributed by atoms with E-state index in [4.69, 9.17) is 24.6 Å². The Morgan fingerprint density at radius 3 is 1.13 bits per heavy atom. The van der Waals surface area contributed by atoms with Gasteiger partial charge in [-0.1, -0.05) is 0 Å². The van der Waals surface area contributed by atoms with E-state index >= 15 is 0 Å². The smallest absolute Gasteiger partial charge is 0.550 e. The van der Waals surface area contributed by atoms with Crippen molar-refractivity contribution < 1.29 is 78.6 Å². The zero-order valence-electron chi connectivity index (χ0n) is 7.68. The number of carboxylic acids is 2. The topological polar surface area (TPSA) is 97.3 Å². The van der Waals surface area contributed by atoms with Crippen LogP contribution in [-0.4, -0.2) is 24.4 Å². The van der Waals surface area contributed by atoms with Crippen molar-refractivity contribution >= 4 is 18.2 Å². The molecule has 0 aliphatic carbocycles. The van der Waals surface area contributed by atoms with Crippen LogP contribution in [0.25, 0.3) is 0 Å². The minimum Gasteiger partial charge on any atom is -0.550 e. The van der Waals surface area contributed by atoms with Crippen molar-refractivity contribution in [3.8, 4) is 0 Å². The Morgan fingerprint density at radius 2 is 1.13 bits per heavy atom. The Hall–Kier alpha value is -0.249. The molecule has 0 aromatic rings. The quantitative estimate of drug-likeness (QED) is 0.474. The Kier molecular flexibility index (Phi) is 22.1. The molecule has 0 unspecified atom stereocenters. The van der Waals surface area contributed by atoms with E-state index in [9.17, 15) is 13.2 Å². The van der Waals surface area contributed by atoms with Gasteiger partial charge in [-0.15, -0.1) is 0 Å². The predicted molar refractivity (Wildman–Crippen MR) is 33.1 cm³/mol. The second-order valence-corrected chi connectivity index (χ2v) is 1.58. The number of carboxylic acid groups (broad SMARTS) is 2. The maximum absolute atomic E-state index is 10.4. The van der Waals surface area contributed by atoms with Gasteiger partial charge in [0.05, 0.1) is 0 Å². The van der Waals surface area contributed by atoms with Gasteiger partial charge in [-0.3, -0.25) is 0 Å². The second kappa shape index (κ2) is 13.8. The second-order valence-electron chi connectivity index (χ2n) is 1.58. The van der Waals surface area contributed by atoms with Gasteiger partial charge in [-0.25, -0.2) is 13.2 Å². The first-order chi connectivity index (χ1) is 6.02. The third-order valence-corrected chi connectivity index (χ3v) is 0.116. The standard InChI is InChI=1S/C2F3O.2C2H4O2.Nd/c3-2(4,5)1-6;2*1-2(3)4;/h;2*1H3,(H,3,4);/q-1;;;+3/p-2. The van der Waals surface area contributed by atoms with Crippen molar-refractivity contribution in [2.24, 2.45) is 0 Å². The van der Waals surface area contributed by atoms with E-state index in [1.165, 1.54) is 0 Å². The summed E-state index contributed by atoms with van der Waals surface area (Å²) in [5, 5.41) is 17.8. The summed E-state index contributed by atoms with van der Waals surface area (Å²) in [5.41, 5.74) is 0. The maximum atomic E-state index is 10.4. The molecule has 0 saturated heterocycles. The van der Waals surface area contributed by atoms with Crippen molar-refractivity contribution in [3.05, 3.63) is 0 Å². The summed E-state index contributed by atoms with van der Waals surface area (Å²) < 4.78 is 31.1. The van der Waals surface area contributed by atoms with Gasteiger partial charge >= 0.3 is 40.8 Å². The van der Waals surface area contributed by atoms with Crippen LogP contribution in [0.1, 0.15) is 13.8 Å². The van der Waals surface area contributed by atoms with Crippen molar-refractivity contribution in [1.82, 2.24) is 0 Å². The minimum atomic E-state index is -4.76. The number of carbonyl (C=O) groups excluding carboxylic acids is 3. The number of halogens is 3. The van der Waals surface area contributed by atoms with Crippen LogP contribution in [0.5, 0.6) is 0 Å². The van der Waals surface area contributed by atoms with Gasteiger partial charge in [0.2, 0.25) is 0 Å². The molecule has 1 radical (unpaired) electrons. The van der Waals surface area contributed by atoms with Crippen molar-refractivity contribution in [1.29, 1.82) is 0 Å². The average Bonchev–Trinajstić information content (AvgIpc) is 1.83. The predicted octanol–water partition coefficient (Wildman–Crippen LogP) is -1.83. The molecule has 0 fully saturated rings. The fourth-order valence-corrected chi connectivity index (χ4v) is 0. The Labute approximate surface area is 116 Å². The van der Waals surface area contributed by atoms with E-state index in [-0.39, 0.29) is 47.1 Å². The van der Waals surface area contributed by atoms with E-state index in [0.717, 1.165) is 13.8 Å². The molecule has 0 aromatic heterocycles. The van der Waals surface area contributed by atoms with Gasteiger partial charge in [0.1, 0.15) is 0 Å². The zero-order chi connectivity index (χ0) is 12.4. The molecule has 0 aromatic carbocycles. The molecule has 0 aliphatic rings. The summed E-state index contributed by atoms with van der Waals surface area (Å²) in [6.07, 6.45) is -4.91. The fourth-order valence-electron chi connectivity index (χ4n) is 0. The zero-order valence-corrected chi connectivity index (χ0v) is 10.9. The van der Waals surface area contributed by atoms with Crippen molar-refractivity contribution in [3.63, 3.8) is 0 Å². The van der Waals surface area contributed by atoms with E-state index < -0.39 is 18.1 Å². The van der Waals surface area contributed by atoms with E-state index in [0.29, 0.717) is 0 Å². The minimum absolute atomic E-state index is 0. The van der Waals surface area contributed by atoms with Gasteiger partial charge in [-0.05, 0) is 13.8 Å². The summed E-state index contributed by atoms with van der Waals surface area (Å²) in [6, 6.07) is 0. The summed E-state index contributed by atoms with van der Waals surface area (Å²) in [6.45, 7) is 1.94. The first-order valence-electron chi connectivity index (χ1n) is 2.84. The van der Waals surface area contributed by atoms with Gasteiger partial charge < -0.3 is 24.6 Å². The molecule has 5 nitrogen and oxygen atoms in total. The summed E-state index contributed by atoms with van der Waals surface area (Å²) in [5.74, 6) is -2.17. The van der Waals surface area contributed by atoms with Crippen LogP contribution in [0.3, 0.4) is 0 Å². The SMILES string of the molecule is CC(=O)[O-].CC(=O)[O-].O=[C-]C(F)(F)F.[Nd+3]. The number of aliphatic carboxylic acids is 2. The molecule has 85 valence electrons. The van der Waals surface area contributed by atoms with E-state index in [1.807, 2.05) is 0 Å². The summed E-state index contributed by atoms with van der Waals surface area (Å²) >= 11 is 0. The summed E-state index contributed by atoms with van der Waals surface area (Å²) in [4.78, 5) is 26.4. The molecule has 15 heavy (non-hydrogen) atoms. The van der Waals surface area contributed by atoms with Gasteiger partial charge in [-0.2, -0.15) is 6.29 Å². The maximum Gasteiger partial charge on any atom is 3.00 e. The van der Waals surface area contributed by atoms with Crippen LogP contribution in [0.2, 0.25) is 0 Å². The van der Waals surface area contributed by atoms with Crippen LogP contribution in [0.15, 0.2) is 0 Å². The molecular weight excluding hydrogens is 353 g/mol. The number of alkyl halides is 3. The first-order valence-corrected chi connectivity index (χ1v) is 2.84. The molecule has 0 aliphatic heterocycles. The Balaban J connectivity index is -0.0000000606. The Bertz CT molecular complexity index is 172. The Morgan fingerprint density at radius 1 is 1.07 bits per heavy atom. The molecule has 0 rings (SSSR count). The molecular formula is C6H6F3NdO5. The van der Waals surface area contributed by atoms with E-state index in [2.05, 4.69) is 0 Å². The number of carbonyl (C=O) groups is 2. The normalized spacial score (nSPS) is 7.80. The van der Waals surface area contributed by atoms with Crippen LogP contribution in [0.4, 0.5) is 13.2 Å². The van der Waals surface area contributed by atoms with Gasteiger partial charge in [0, 0.05) is 11.9 Å². The van der Waals surface area contributed by atoms with Crippen LogP contribution in [-0.2, 0) is 14.4 Å². The summed E-state index contributed by atoms with van der Waals surface area (Å²) in [7, 11) is 0. The molecule has 0 heterocycles. The molecule has 0 spiro atoms. The molecule has 0 N–H and O–H groups in total. The first kappa shape index (κ1) is 24.1. The molecule has 0 atom stereocenters. The van der Waals surface area contributed by atoms with E-state index in [1.54, 1.807) is 0 Å². The average molecular weight is 359 g/mol. The van der Waals surface area contributed by atoms with Crippen molar-refractivity contribution in [2.75, 3.05) is 0 Å². The molecule has 0 amide bonds. The third-order valence-electron chi connectivity index (χ3n) is 0.116. The molecule has 0 saturated carbocycles. The molecule has 0 bridgehead atoms.